The Kier molecular flexibility index (Phi) is 12.3. The SMILES string of the molecule is NC(Cc1ccccc1)C(=O)NC(CCC(=O)O)C(=O)NC(CS)C(=O)NC(Cc1ccccc1)C(=O)O. The van der Waals surface area contributed by atoms with Crippen molar-refractivity contribution in [3.8, 4) is 0 Å². The van der Waals surface area contributed by atoms with Gasteiger partial charge < -0.3 is 31.9 Å². The van der Waals surface area contributed by atoms with Gasteiger partial charge in [-0.15, -0.1) is 0 Å². The van der Waals surface area contributed by atoms with Crippen LogP contribution in [0.2, 0.25) is 0 Å². The van der Waals surface area contributed by atoms with Crippen LogP contribution in [0.15, 0.2) is 60.7 Å². The van der Waals surface area contributed by atoms with Gasteiger partial charge in [-0.1, -0.05) is 60.7 Å². The van der Waals surface area contributed by atoms with Crippen molar-refractivity contribution in [2.45, 2.75) is 49.9 Å². The second-order valence-electron chi connectivity index (χ2n) is 8.62. The molecular weight excluding hydrogens is 512 g/mol. The largest absolute Gasteiger partial charge is 0.481 e. The Labute approximate surface area is 225 Å². The van der Waals surface area contributed by atoms with Crippen molar-refractivity contribution in [3.63, 3.8) is 0 Å². The van der Waals surface area contributed by atoms with Crippen molar-refractivity contribution in [1.29, 1.82) is 0 Å². The van der Waals surface area contributed by atoms with E-state index in [1.165, 1.54) is 0 Å². The number of carbonyl (C=O) groups excluding carboxylic acids is 3. The first-order valence-corrected chi connectivity index (χ1v) is 12.5. The van der Waals surface area contributed by atoms with Crippen molar-refractivity contribution in [2.24, 2.45) is 5.73 Å². The fourth-order valence-electron chi connectivity index (χ4n) is 3.56. The zero-order chi connectivity index (χ0) is 28.1. The first kappa shape index (κ1) is 30.3. The molecule has 0 aliphatic rings. The molecule has 2 aromatic carbocycles. The number of hydrogen-bond donors (Lipinski definition) is 7. The molecule has 0 saturated heterocycles. The van der Waals surface area contributed by atoms with Crippen LogP contribution < -0.4 is 21.7 Å². The highest BCUT2D eigenvalue weighted by Gasteiger charge is 2.30. The zero-order valence-corrected chi connectivity index (χ0v) is 21.5. The molecule has 0 radical (unpaired) electrons. The number of aliphatic carboxylic acids is 2. The van der Waals surface area contributed by atoms with Gasteiger partial charge in [0.05, 0.1) is 6.04 Å². The van der Waals surface area contributed by atoms with Crippen LogP contribution in [0.1, 0.15) is 24.0 Å². The van der Waals surface area contributed by atoms with Crippen LogP contribution in [0.3, 0.4) is 0 Å². The second kappa shape index (κ2) is 15.4. The minimum Gasteiger partial charge on any atom is -0.481 e. The number of hydrogen-bond acceptors (Lipinski definition) is 7. The van der Waals surface area contributed by atoms with Gasteiger partial charge >= 0.3 is 11.9 Å². The van der Waals surface area contributed by atoms with Gasteiger partial charge in [-0.2, -0.15) is 12.6 Å². The summed E-state index contributed by atoms with van der Waals surface area (Å²) in [6, 6.07) is 12.9. The third kappa shape index (κ3) is 10.2. The summed E-state index contributed by atoms with van der Waals surface area (Å²) in [7, 11) is 0. The highest BCUT2D eigenvalue weighted by atomic mass is 32.1. The maximum absolute atomic E-state index is 13.0. The van der Waals surface area contributed by atoms with Gasteiger partial charge in [0.2, 0.25) is 17.7 Å². The van der Waals surface area contributed by atoms with Gasteiger partial charge in [-0.25, -0.2) is 4.79 Å². The van der Waals surface area contributed by atoms with Crippen molar-refractivity contribution in [1.82, 2.24) is 16.0 Å². The Hall–Kier alpha value is -3.90. The molecule has 4 atom stereocenters. The Balaban J connectivity index is 2.05. The normalized spacial score (nSPS) is 13.8. The molecule has 0 heterocycles. The van der Waals surface area contributed by atoms with Gasteiger partial charge in [-0.05, 0) is 24.0 Å². The molecule has 38 heavy (non-hydrogen) atoms. The predicted octanol–water partition coefficient (Wildman–Crippen LogP) is 0.133. The summed E-state index contributed by atoms with van der Waals surface area (Å²) in [5.74, 6) is -4.90. The Morgan fingerprint density at radius 2 is 1.18 bits per heavy atom. The van der Waals surface area contributed by atoms with Crippen LogP contribution in [-0.4, -0.2) is 69.8 Å². The molecule has 4 unspecified atom stereocenters. The summed E-state index contributed by atoms with van der Waals surface area (Å²) in [6.45, 7) is 0. The molecule has 0 bridgehead atoms. The minimum atomic E-state index is -1.30. The zero-order valence-electron chi connectivity index (χ0n) is 20.6. The summed E-state index contributed by atoms with van der Waals surface area (Å²) >= 11 is 4.09. The molecule has 0 saturated carbocycles. The van der Waals surface area contributed by atoms with E-state index in [0.717, 1.165) is 5.56 Å². The lowest BCUT2D eigenvalue weighted by Crippen LogP contribution is -2.58. The number of nitrogens with one attached hydrogen (secondary N) is 3. The van der Waals surface area contributed by atoms with E-state index in [0.29, 0.717) is 5.56 Å². The molecule has 0 aliphatic heterocycles. The van der Waals surface area contributed by atoms with Gasteiger partial charge in [-0.3, -0.25) is 19.2 Å². The van der Waals surface area contributed by atoms with E-state index < -0.39 is 60.2 Å². The molecule has 3 amide bonds. The lowest BCUT2D eigenvalue weighted by atomic mass is 10.0. The molecule has 11 nitrogen and oxygen atoms in total. The van der Waals surface area contributed by atoms with E-state index in [2.05, 4.69) is 28.6 Å². The molecule has 204 valence electrons. The number of carboxylic acids is 2. The first-order valence-electron chi connectivity index (χ1n) is 11.9. The minimum absolute atomic E-state index is 0.0196. The molecular formula is C26H32N4O7S. The molecule has 2 aromatic rings. The summed E-state index contributed by atoms with van der Waals surface area (Å²) in [5, 5.41) is 25.9. The third-order valence-electron chi connectivity index (χ3n) is 5.63. The van der Waals surface area contributed by atoms with Crippen LogP contribution >= 0.6 is 12.6 Å². The summed E-state index contributed by atoms with van der Waals surface area (Å²) in [4.78, 5) is 61.2. The lowest BCUT2D eigenvalue weighted by molar-refractivity contribution is -0.142. The van der Waals surface area contributed by atoms with Crippen LogP contribution in [0.4, 0.5) is 0 Å². The van der Waals surface area contributed by atoms with E-state index in [1.807, 2.05) is 6.07 Å². The number of nitrogens with two attached hydrogens (primary N) is 1. The summed E-state index contributed by atoms with van der Waals surface area (Å²) in [5.41, 5.74) is 7.48. The number of rotatable bonds is 15. The Morgan fingerprint density at radius 3 is 1.68 bits per heavy atom. The van der Waals surface area contributed by atoms with Crippen LogP contribution in [0.5, 0.6) is 0 Å². The molecule has 12 heteroatoms. The number of carboxylic acid groups (broad SMARTS) is 2. The maximum atomic E-state index is 13.0. The molecule has 0 fully saturated rings. The number of amides is 3. The highest BCUT2D eigenvalue weighted by molar-refractivity contribution is 7.80. The van der Waals surface area contributed by atoms with Gasteiger partial charge in [0.25, 0.3) is 0 Å². The molecule has 0 spiro atoms. The van der Waals surface area contributed by atoms with Gasteiger partial charge in [0, 0.05) is 18.6 Å². The number of carbonyl (C=O) groups is 5. The van der Waals surface area contributed by atoms with Gasteiger partial charge in [0.15, 0.2) is 0 Å². The second-order valence-corrected chi connectivity index (χ2v) is 8.99. The maximum Gasteiger partial charge on any atom is 0.326 e. The van der Waals surface area contributed by atoms with Crippen molar-refractivity contribution >= 4 is 42.3 Å². The van der Waals surface area contributed by atoms with Crippen LogP contribution in [0.25, 0.3) is 0 Å². The van der Waals surface area contributed by atoms with Crippen molar-refractivity contribution < 1.29 is 34.2 Å². The van der Waals surface area contributed by atoms with Crippen molar-refractivity contribution in [2.75, 3.05) is 5.75 Å². The Bertz CT molecular complexity index is 1100. The Morgan fingerprint density at radius 1 is 0.711 bits per heavy atom. The highest BCUT2D eigenvalue weighted by Crippen LogP contribution is 2.06. The molecule has 0 aliphatic carbocycles. The smallest absolute Gasteiger partial charge is 0.326 e. The topological polar surface area (TPSA) is 188 Å². The average Bonchev–Trinajstić information content (AvgIpc) is 2.89. The first-order chi connectivity index (χ1) is 18.1. The molecule has 0 aromatic heterocycles. The average molecular weight is 545 g/mol. The lowest BCUT2D eigenvalue weighted by Gasteiger charge is -2.24. The molecule has 2 rings (SSSR count). The van der Waals surface area contributed by atoms with E-state index in [-0.39, 0.29) is 25.0 Å². The summed E-state index contributed by atoms with van der Waals surface area (Å²) in [6.07, 6.45) is -0.467. The van der Waals surface area contributed by atoms with E-state index in [9.17, 15) is 29.1 Å². The predicted molar refractivity (Wildman–Crippen MR) is 142 cm³/mol. The van der Waals surface area contributed by atoms with Crippen LogP contribution in [-0.2, 0) is 36.8 Å². The van der Waals surface area contributed by atoms with Gasteiger partial charge in [0.1, 0.15) is 18.1 Å². The monoisotopic (exact) mass is 544 g/mol. The van der Waals surface area contributed by atoms with Crippen LogP contribution in [0, 0.1) is 0 Å². The van der Waals surface area contributed by atoms with E-state index in [1.54, 1.807) is 54.6 Å². The third-order valence-corrected chi connectivity index (χ3v) is 5.99. The number of thiol groups is 1. The standard InChI is InChI=1S/C26H32N4O7S/c27-18(13-16-7-3-1-4-8-16)23(33)28-19(11-12-22(31)32)24(34)30-21(15-38)25(35)29-20(26(36)37)14-17-9-5-2-6-10-17/h1-10,18-21,38H,11-15,27H2,(H,28,33)(H,29,35)(H,30,34)(H,31,32)(H,36,37). The fraction of sp³-hybridized carbons (Fsp3) is 0.346. The molecule has 7 N–H and O–H groups in total. The fourth-order valence-corrected chi connectivity index (χ4v) is 3.82. The number of benzene rings is 2. The van der Waals surface area contributed by atoms with E-state index >= 15 is 0 Å². The van der Waals surface area contributed by atoms with Crippen molar-refractivity contribution in [3.05, 3.63) is 71.8 Å². The quantitative estimate of drug-likeness (QED) is 0.154. The van der Waals surface area contributed by atoms with E-state index in [4.69, 9.17) is 10.8 Å². The summed E-state index contributed by atoms with van der Waals surface area (Å²) < 4.78 is 0.